The van der Waals surface area contributed by atoms with Crippen molar-refractivity contribution in [2.24, 2.45) is 0 Å². The van der Waals surface area contributed by atoms with Crippen LogP contribution in [0.25, 0.3) is 0 Å². The molecular formula is C10H14N4O2S3. The maximum Gasteiger partial charge on any atom is 0.252 e. The topological polar surface area (TPSA) is 75.2 Å². The van der Waals surface area contributed by atoms with E-state index in [0.29, 0.717) is 10.8 Å². The van der Waals surface area contributed by atoms with Gasteiger partial charge in [0.05, 0.1) is 6.54 Å². The Balaban J connectivity index is 2.06. The molecule has 0 spiro atoms. The van der Waals surface area contributed by atoms with Gasteiger partial charge in [-0.05, 0) is 19.1 Å². The molecule has 104 valence electrons. The van der Waals surface area contributed by atoms with Gasteiger partial charge >= 0.3 is 0 Å². The molecule has 0 fully saturated rings. The maximum absolute atomic E-state index is 11.9. The van der Waals surface area contributed by atoms with Crippen LogP contribution in [0.1, 0.15) is 10.7 Å². The summed E-state index contributed by atoms with van der Waals surface area (Å²) in [5.41, 5.74) is 0. The lowest BCUT2D eigenvalue weighted by Crippen LogP contribution is -2.21. The van der Waals surface area contributed by atoms with Crippen LogP contribution in [-0.4, -0.2) is 36.2 Å². The van der Waals surface area contributed by atoms with E-state index in [1.807, 2.05) is 13.0 Å². The number of nitrogens with one attached hydrogen (secondary N) is 1. The molecule has 2 aromatic heterocycles. The van der Waals surface area contributed by atoms with Gasteiger partial charge in [-0.3, -0.25) is 0 Å². The monoisotopic (exact) mass is 318 g/mol. The summed E-state index contributed by atoms with van der Waals surface area (Å²) in [6, 6.07) is 3.43. The number of hydrogen-bond donors (Lipinski definition) is 1. The molecular weight excluding hydrogens is 304 g/mol. The second-order valence-corrected chi connectivity index (χ2v) is 8.31. The summed E-state index contributed by atoms with van der Waals surface area (Å²) >= 11 is 2.55. The predicted molar refractivity (Wildman–Crippen MR) is 77.2 cm³/mol. The van der Waals surface area contributed by atoms with E-state index in [0.717, 1.165) is 15.8 Å². The van der Waals surface area contributed by atoms with Crippen LogP contribution in [0.15, 0.2) is 16.3 Å². The summed E-state index contributed by atoms with van der Waals surface area (Å²) in [5, 5.41) is 3.86. The third-order valence-corrected chi connectivity index (χ3v) is 6.45. The average molecular weight is 318 g/mol. The van der Waals surface area contributed by atoms with Crippen molar-refractivity contribution < 1.29 is 8.42 Å². The van der Waals surface area contributed by atoms with Crippen LogP contribution < -0.4 is 5.32 Å². The Kier molecular flexibility index (Phi) is 4.19. The summed E-state index contributed by atoms with van der Waals surface area (Å²) in [6.07, 6.45) is 0. The first-order chi connectivity index (χ1) is 8.89. The Morgan fingerprint density at radius 1 is 1.37 bits per heavy atom. The Morgan fingerprint density at radius 2 is 2.11 bits per heavy atom. The van der Waals surface area contributed by atoms with Crippen molar-refractivity contribution in [2.45, 2.75) is 17.7 Å². The van der Waals surface area contributed by atoms with Gasteiger partial charge < -0.3 is 5.32 Å². The predicted octanol–water partition coefficient (Wildman–Crippen LogP) is 1.77. The van der Waals surface area contributed by atoms with Crippen molar-refractivity contribution in [3.8, 4) is 0 Å². The van der Waals surface area contributed by atoms with Crippen molar-refractivity contribution in [1.82, 2.24) is 13.7 Å². The molecule has 0 bridgehead atoms. The number of nitrogens with zero attached hydrogens (tertiary/aromatic N) is 3. The van der Waals surface area contributed by atoms with Crippen molar-refractivity contribution >= 4 is 38.0 Å². The lowest BCUT2D eigenvalue weighted by molar-refractivity contribution is 0.523. The quantitative estimate of drug-likeness (QED) is 0.909. The van der Waals surface area contributed by atoms with E-state index in [-0.39, 0.29) is 0 Å². The van der Waals surface area contributed by atoms with Crippen LogP contribution in [0.2, 0.25) is 0 Å². The first kappa shape index (κ1) is 14.4. The smallest absolute Gasteiger partial charge is 0.252 e. The first-order valence-corrected chi connectivity index (χ1v) is 8.48. The zero-order valence-corrected chi connectivity index (χ0v) is 13.2. The highest BCUT2D eigenvalue weighted by Gasteiger charge is 2.19. The molecule has 2 rings (SSSR count). The fourth-order valence-corrected chi connectivity index (χ4v) is 4.34. The SMILES string of the molecule is Cc1nsc(NCc2ccc(S(=O)(=O)N(C)C)s2)n1. The van der Waals surface area contributed by atoms with E-state index in [4.69, 9.17) is 0 Å². The second-order valence-electron chi connectivity index (χ2n) is 4.01. The maximum atomic E-state index is 11.9. The van der Waals surface area contributed by atoms with Crippen molar-refractivity contribution in [1.29, 1.82) is 0 Å². The minimum Gasteiger partial charge on any atom is -0.355 e. The Hall–Kier alpha value is -1.03. The molecule has 0 aliphatic heterocycles. The van der Waals surface area contributed by atoms with E-state index in [1.165, 1.54) is 41.3 Å². The number of hydrogen-bond acceptors (Lipinski definition) is 7. The molecule has 0 aromatic carbocycles. The molecule has 2 heterocycles. The van der Waals surface area contributed by atoms with E-state index in [9.17, 15) is 8.42 Å². The van der Waals surface area contributed by atoms with Crippen LogP contribution in [-0.2, 0) is 16.6 Å². The first-order valence-electron chi connectivity index (χ1n) is 5.45. The molecule has 0 unspecified atom stereocenters. The molecule has 0 saturated carbocycles. The molecule has 0 amide bonds. The van der Waals surface area contributed by atoms with Gasteiger partial charge in [-0.1, -0.05) is 0 Å². The molecule has 0 atom stereocenters. The van der Waals surface area contributed by atoms with Gasteiger partial charge in [-0.15, -0.1) is 11.3 Å². The van der Waals surface area contributed by atoms with Gasteiger partial charge in [0.1, 0.15) is 10.0 Å². The molecule has 0 saturated heterocycles. The van der Waals surface area contributed by atoms with Gasteiger partial charge in [0.2, 0.25) is 5.13 Å². The van der Waals surface area contributed by atoms with E-state index >= 15 is 0 Å². The summed E-state index contributed by atoms with van der Waals surface area (Å²) in [4.78, 5) is 5.12. The minimum atomic E-state index is -3.34. The molecule has 1 N–H and O–H groups in total. The highest BCUT2D eigenvalue weighted by atomic mass is 32.2. The van der Waals surface area contributed by atoms with E-state index in [1.54, 1.807) is 6.07 Å². The summed E-state index contributed by atoms with van der Waals surface area (Å²) in [6.45, 7) is 2.37. The van der Waals surface area contributed by atoms with Crippen molar-refractivity contribution in [3.63, 3.8) is 0 Å². The highest BCUT2D eigenvalue weighted by molar-refractivity contribution is 7.91. The number of anilines is 1. The Morgan fingerprint density at radius 3 is 2.68 bits per heavy atom. The highest BCUT2D eigenvalue weighted by Crippen LogP contribution is 2.24. The number of aryl methyl sites for hydroxylation is 1. The van der Waals surface area contributed by atoms with Gasteiger partial charge in [0, 0.05) is 30.5 Å². The molecule has 2 aromatic rings. The van der Waals surface area contributed by atoms with Crippen LogP contribution in [0.4, 0.5) is 5.13 Å². The molecule has 0 aliphatic carbocycles. The number of aromatic nitrogens is 2. The lowest BCUT2D eigenvalue weighted by Gasteiger charge is -2.08. The number of sulfonamides is 1. The van der Waals surface area contributed by atoms with Crippen LogP contribution in [0.3, 0.4) is 0 Å². The molecule has 0 aliphatic rings. The molecule has 19 heavy (non-hydrogen) atoms. The minimum absolute atomic E-state index is 0.350. The Labute approximate surface area is 120 Å². The van der Waals surface area contributed by atoms with Gasteiger partial charge in [-0.2, -0.15) is 4.37 Å². The van der Waals surface area contributed by atoms with E-state index in [2.05, 4.69) is 14.7 Å². The molecule has 9 heteroatoms. The summed E-state index contributed by atoms with van der Waals surface area (Å²) < 4.78 is 29.5. The second kappa shape index (κ2) is 5.53. The lowest BCUT2D eigenvalue weighted by atomic mass is 10.5. The van der Waals surface area contributed by atoms with Crippen molar-refractivity contribution in [2.75, 3.05) is 19.4 Å². The largest absolute Gasteiger partial charge is 0.355 e. The normalized spacial score (nSPS) is 12.0. The molecule has 6 nitrogen and oxygen atoms in total. The van der Waals surface area contributed by atoms with Crippen LogP contribution >= 0.6 is 22.9 Å². The van der Waals surface area contributed by atoms with Gasteiger partial charge in [-0.25, -0.2) is 17.7 Å². The number of rotatable bonds is 5. The average Bonchev–Trinajstić information content (AvgIpc) is 2.95. The standard InChI is InChI=1S/C10H14N4O2S3/c1-7-12-10(18-13-7)11-6-8-4-5-9(17-8)19(15,16)14(2)3/h4-5H,6H2,1-3H3,(H,11,12,13). The van der Waals surface area contributed by atoms with Crippen LogP contribution in [0, 0.1) is 6.92 Å². The third-order valence-electron chi connectivity index (χ3n) is 2.31. The third kappa shape index (κ3) is 3.30. The van der Waals surface area contributed by atoms with Gasteiger partial charge in [0.15, 0.2) is 0 Å². The Bertz CT molecular complexity index is 660. The van der Waals surface area contributed by atoms with Gasteiger partial charge in [0.25, 0.3) is 10.0 Å². The fourth-order valence-electron chi connectivity index (χ4n) is 1.30. The zero-order valence-electron chi connectivity index (χ0n) is 10.7. The number of thiophene rings is 1. The molecule has 0 radical (unpaired) electrons. The summed E-state index contributed by atoms with van der Waals surface area (Å²) in [5.74, 6) is 0.731. The fraction of sp³-hybridized carbons (Fsp3) is 0.400. The zero-order chi connectivity index (χ0) is 14.0. The van der Waals surface area contributed by atoms with E-state index < -0.39 is 10.0 Å². The van der Waals surface area contributed by atoms with Crippen molar-refractivity contribution in [3.05, 3.63) is 22.8 Å². The van der Waals surface area contributed by atoms with Crippen LogP contribution in [0.5, 0.6) is 0 Å². The summed E-state index contributed by atoms with van der Waals surface area (Å²) in [7, 11) is -0.287.